The predicted molar refractivity (Wildman–Crippen MR) is 136 cm³/mol. The maximum Gasteiger partial charge on any atom is 0.0822 e. The first-order valence-electron chi connectivity index (χ1n) is 14.1. The summed E-state index contributed by atoms with van der Waals surface area (Å²) in [6, 6.07) is 0.915. The van der Waals surface area contributed by atoms with Crippen molar-refractivity contribution in [2.45, 2.75) is 102 Å². The zero-order chi connectivity index (χ0) is 24.4. The van der Waals surface area contributed by atoms with Gasteiger partial charge in [0.1, 0.15) is 0 Å². The molecular weight excluding hydrogens is 432 g/mol. The van der Waals surface area contributed by atoms with E-state index < -0.39 is 0 Å². The molecule has 2 aliphatic heterocycles. The fourth-order valence-electron chi connectivity index (χ4n) is 5.59. The van der Waals surface area contributed by atoms with Crippen LogP contribution in [-0.4, -0.2) is 107 Å². The molecule has 4 atom stereocenters. The molecule has 1 radical (unpaired) electrons. The first-order valence-corrected chi connectivity index (χ1v) is 14.1. The van der Waals surface area contributed by atoms with Crippen molar-refractivity contribution in [2.75, 3.05) is 72.9 Å². The van der Waals surface area contributed by atoms with Crippen LogP contribution < -0.4 is 0 Å². The highest BCUT2D eigenvalue weighted by atomic mass is 16.5. The van der Waals surface area contributed by atoms with Crippen LogP contribution in [-0.2, 0) is 24.1 Å². The molecule has 2 rings (SSSR count). The molecule has 4 unspecified atom stereocenters. The van der Waals surface area contributed by atoms with Gasteiger partial charge in [-0.25, -0.2) is 5.11 Å². The molecule has 0 spiro atoms. The average molecular weight is 486 g/mol. The molecule has 2 saturated heterocycles. The van der Waals surface area contributed by atoms with Crippen LogP contribution in [0.5, 0.6) is 0 Å². The summed E-state index contributed by atoms with van der Waals surface area (Å²) in [5, 5.41) is 11.3. The van der Waals surface area contributed by atoms with Crippen molar-refractivity contribution in [2.24, 2.45) is 0 Å². The third kappa shape index (κ3) is 11.6. The molecule has 0 bridgehead atoms. The van der Waals surface area contributed by atoms with Gasteiger partial charge in [0, 0.05) is 25.8 Å². The van der Waals surface area contributed by atoms with E-state index in [-0.39, 0.29) is 18.8 Å². The van der Waals surface area contributed by atoms with E-state index in [2.05, 4.69) is 16.7 Å². The third-order valence-corrected chi connectivity index (χ3v) is 7.48. The Labute approximate surface area is 209 Å². The minimum Gasteiger partial charge on any atom is -0.382 e. The van der Waals surface area contributed by atoms with Crippen LogP contribution in [0, 0.1) is 0 Å². The SMILES string of the molecule is CCOCCOC(CC(CCC[O])N1CCCC1)CC(CC(CC)OCCOC)N1CCCC1. The first kappa shape index (κ1) is 29.9. The summed E-state index contributed by atoms with van der Waals surface area (Å²) in [4.78, 5) is 5.28. The van der Waals surface area contributed by atoms with Gasteiger partial charge in [0.25, 0.3) is 0 Å². The first-order chi connectivity index (χ1) is 16.7. The van der Waals surface area contributed by atoms with E-state index in [0.29, 0.717) is 38.5 Å². The summed E-state index contributed by atoms with van der Waals surface area (Å²) in [6.45, 7) is 12.3. The van der Waals surface area contributed by atoms with Gasteiger partial charge in [-0.05, 0) is 97.3 Å². The van der Waals surface area contributed by atoms with Gasteiger partial charge in [0.15, 0.2) is 0 Å². The van der Waals surface area contributed by atoms with E-state index in [9.17, 15) is 5.11 Å². The van der Waals surface area contributed by atoms with Crippen LogP contribution in [0.2, 0.25) is 0 Å². The molecule has 34 heavy (non-hydrogen) atoms. The molecule has 0 aromatic carbocycles. The van der Waals surface area contributed by atoms with Gasteiger partial charge in [-0.2, -0.15) is 0 Å². The molecular formula is C27H53N2O5. The van der Waals surface area contributed by atoms with Gasteiger partial charge < -0.3 is 28.7 Å². The van der Waals surface area contributed by atoms with Gasteiger partial charge in [-0.1, -0.05) is 6.92 Å². The van der Waals surface area contributed by atoms with Gasteiger partial charge in [-0.3, -0.25) is 0 Å². The van der Waals surface area contributed by atoms with Crippen LogP contribution in [0.3, 0.4) is 0 Å². The Morgan fingerprint density at radius 2 is 1.29 bits per heavy atom. The minimum atomic E-state index is 0.0214. The van der Waals surface area contributed by atoms with E-state index in [4.69, 9.17) is 18.9 Å². The zero-order valence-corrected chi connectivity index (χ0v) is 22.4. The Morgan fingerprint density at radius 1 is 0.735 bits per heavy atom. The van der Waals surface area contributed by atoms with Crippen LogP contribution in [0.1, 0.15) is 78.1 Å². The second kappa shape index (κ2) is 18.9. The molecule has 2 aliphatic rings. The second-order valence-electron chi connectivity index (χ2n) is 9.93. The molecule has 0 aromatic heterocycles. The van der Waals surface area contributed by atoms with Crippen molar-refractivity contribution in [3.05, 3.63) is 0 Å². The van der Waals surface area contributed by atoms with E-state index in [1.165, 1.54) is 38.8 Å². The zero-order valence-electron chi connectivity index (χ0n) is 22.4. The van der Waals surface area contributed by atoms with E-state index >= 15 is 0 Å². The number of likely N-dealkylation sites (tertiary alicyclic amines) is 2. The molecule has 0 aromatic rings. The second-order valence-corrected chi connectivity index (χ2v) is 9.93. The van der Waals surface area contributed by atoms with E-state index in [1.54, 1.807) is 7.11 Å². The lowest BCUT2D eigenvalue weighted by atomic mass is 9.94. The van der Waals surface area contributed by atoms with Crippen LogP contribution in [0.15, 0.2) is 0 Å². The number of rotatable bonds is 21. The van der Waals surface area contributed by atoms with E-state index in [1.807, 2.05) is 6.92 Å². The standard InChI is InChI=1S/C27H53N2O5/c1-4-26(33-19-17-31-3)22-25(29-14-8-9-15-29)23-27(34-20-18-32-5-2)21-24(11-10-16-30)28-12-6-7-13-28/h24-27H,4-23H2,1-3H3. The summed E-state index contributed by atoms with van der Waals surface area (Å²) in [5.74, 6) is 0. The Bertz CT molecular complexity index is 472. The lowest BCUT2D eigenvalue weighted by Crippen LogP contribution is -2.42. The minimum absolute atomic E-state index is 0.0214. The van der Waals surface area contributed by atoms with Crippen LogP contribution in [0.4, 0.5) is 0 Å². The van der Waals surface area contributed by atoms with Crippen molar-refractivity contribution in [1.29, 1.82) is 0 Å². The molecule has 0 saturated carbocycles. The lowest BCUT2D eigenvalue weighted by Gasteiger charge is -2.36. The quantitative estimate of drug-likeness (QED) is 0.228. The number of hydrogen-bond acceptors (Lipinski definition) is 6. The number of nitrogens with zero attached hydrogens (tertiary/aromatic N) is 2. The fourth-order valence-corrected chi connectivity index (χ4v) is 5.59. The van der Waals surface area contributed by atoms with E-state index in [0.717, 1.165) is 58.2 Å². The molecule has 0 aliphatic carbocycles. The highest BCUT2D eigenvalue weighted by Gasteiger charge is 2.31. The summed E-state index contributed by atoms with van der Waals surface area (Å²) >= 11 is 0. The molecule has 0 amide bonds. The van der Waals surface area contributed by atoms with Crippen molar-refractivity contribution < 1.29 is 24.1 Å². The highest BCUT2D eigenvalue weighted by molar-refractivity contribution is 4.85. The van der Waals surface area contributed by atoms with Crippen molar-refractivity contribution in [1.82, 2.24) is 9.80 Å². The van der Waals surface area contributed by atoms with Gasteiger partial charge >= 0.3 is 0 Å². The monoisotopic (exact) mass is 485 g/mol. The third-order valence-electron chi connectivity index (χ3n) is 7.48. The number of methoxy groups -OCH3 is 1. The largest absolute Gasteiger partial charge is 0.382 e. The Hall–Kier alpha value is -0.280. The lowest BCUT2D eigenvalue weighted by molar-refractivity contribution is -0.0359. The molecule has 2 fully saturated rings. The van der Waals surface area contributed by atoms with Crippen molar-refractivity contribution in [3.63, 3.8) is 0 Å². The molecule has 0 N–H and O–H groups in total. The highest BCUT2D eigenvalue weighted by Crippen LogP contribution is 2.27. The predicted octanol–water partition coefficient (Wildman–Crippen LogP) is 4.16. The summed E-state index contributed by atoms with van der Waals surface area (Å²) in [6.07, 6.45) is 11.4. The summed E-state index contributed by atoms with van der Waals surface area (Å²) < 4.78 is 23.5. The maximum atomic E-state index is 11.3. The maximum absolute atomic E-state index is 11.3. The normalized spacial score (nSPS) is 21.2. The topological polar surface area (TPSA) is 63.3 Å². The summed E-state index contributed by atoms with van der Waals surface area (Å²) in [5.41, 5.74) is 0. The fraction of sp³-hybridized carbons (Fsp3) is 1.00. The van der Waals surface area contributed by atoms with Gasteiger partial charge in [0.2, 0.25) is 0 Å². The molecule has 201 valence electrons. The number of ether oxygens (including phenoxy) is 4. The van der Waals surface area contributed by atoms with Crippen LogP contribution >= 0.6 is 0 Å². The molecule has 7 heteroatoms. The van der Waals surface area contributed by atoms with Crippen molar-refractivity contribution in [3.8, 4) is 0 Å². The number of hydrogen-bond donors (Lipinski definition) is 0. The molecule has 7 nitrogen and oxygen atoms in total. The molecule has 2 heterocycles. The van der Waals surface area contributed by atoms with Gasteiger partial charge in [-0.15, -0.1) is 0 Å². The Kier molecular flexibility index (Phi) is 16.7. The van der Waals surface area contributed by atoms with Crippen molar-refractivity contribution >= 4 is 0 Å². The Morgan fingerprint density at radius 3 is 1.88 bits per heavy atom. The van der Waals surface area contributed by atoms with Crippen LogP contribution in [0.25, 0.3) is 0 Å². The smallest absolute Gasteiger partial charge is 0.0822 e. The average Bonchev–Trinajstić information content (AvgIpc) is 3.57. The van der Waals surface area contributed by atoms with Gasteiger partial charge in [0.05, 0.1) is 45.2 Å². The Balaban J connectivity index is 2.06. The summed E-state index contributed by atoms with van der Waals surface area (Å²) in [7, 11) is 1.73.